The first kappa shape index (κ1) is 28.2. The molecule has 0 aliphatic carbocycles. The molecule has 41 heavy (non-hydrogen) atoms. The van der Waals surface area contributed by atoms with Gasteiger partial charge in [-0.05, 0) is 41.5 Å². The lowest BCUT2D eigenvalue weighted by Crippen LogP contribution is -2.46. The Hall–Kier alpha value is -4.34. The van der Waals surface area contributed by atoms with Crippen molar-refractivity contribution in [1.29, 1.82) is 0 Å². The van der Waals surface area contributed by atoms with E-state index in [-0.39, 0.29) is 12.5 Å². The molecule has 1 unspecified atom stereocenters. The number of hydrogen-bond acceptors (Lipinski definition) is 6. The number of fused-ring (bicyclic) bond motifs is 1. The van der Waals surface area contributed by atoms with Crippen molar-refractivity contribution in [2.24, 2.45) is 5.73 Å². The molecule has 0 radical (unpaired) electrons. The van der Waals surface area contributed by atoms with E-state index in [0.29, 0.717) is 36.0 Å². The van der Waals surface area contributed by atoms with E-state index in [1.165, 1.54) is 0 Å². The number of aromatic nitrogens is 2. The summed E-state index contributed by atoms with van der Waals surface area (Å²) in [6.07, 6.45) is 4.66. The summed E-state index contributed by atoms with van der Waals surface area (Å²) >= 11 is 5.97. The number of hydrogen-bond donors (Lipinski definition) is 3. The van der Waals surface area contributed by atoms with Gasteiger partial charge in [0, 0.05) is 48.8 Å². The number of primary amides is 1. The van der Waals surface area contributed by atoms with Gasteiger partial charge in [0.25, 0.3) is 5.91 Å². The monoisotopic (exact) mass is 573 g/mol. The van der Waals surface area contributed by atoms with Crippen LogP contribution < -0.4 is 25.8 Å². The number of carbonyl (C=O) groups is 2. The van der Waals surface area contributed by atoms with E-state index in [1.54, 1.807) is 37.4 Å². The predicted molar refractivity (Wildman–Crippen MR) is 156 cm³/mol. The molecule has 4 N–H and O–H groups in total. The summed E-state index contributed by atoms with van der Waals surface area (Å²) in [7, 11) is 1.66. The summed E-state index contributed by atoms with van der Waals surface area (Å²) < 4.78 is 13.4. The van der Waals surface area contributed by atoms with Gasteiger partial charge in [-0.2, -0.15) is 0 Å². The number of ether oxygens (including phenoxy) is 2. The summed E-state index contributed by atoms with van der Waals surface area (Å²) in [4.78, 5) is 29.9. The molecule has 0 fully saturated rings. The Morgan fingerprint density at radius 1 is 1.15 bits per heavy atom. The van der Waals surface area contributed by atoms with E-state index < -0.39 is 17.9 Å². The SMILES string of the molecule is COc1cccc(Cn2cncc2CNC2CCOc3c(C(=O)N[C@@H](Cc4ccc(Cl)cc4)C(N)=O)cccc32)c1. The maximum absolute atomic E-state index is 13.3. The molecule has 1 aliphatic rings. The lowest BCUT2D eigenvalue weighted by atomic mass is 9.96. The number of nitrogens with zero attached hydrogens (tertiary/aromatic N) is 2. The summed E-state index contributed by atoms with van der Waals surface area (Å²) in [6, 6.07) is 19.6. The van der Waals surface area contributed by atoms with Gasteiger partial charge in [0.15, 0.2) is 0 Å². The van der Waals surface area contributed by atoms with Crippen molar-refractivity contribution >= 4 is 23.4 Å². The number of imidazole rings is 1. The molecule has 0 bridgehead atoms. The first-order valence-electron chi connectivity index (χ1n) is 13.4. The Morgan fingerprint density at radius 3 is 2.73 bits per heavy atom. The van der Waals surface area contributed by atoms with Gasteiger partial charge in [-0.25, -0.2) is 4.98 Å². The minimum Gasteiger partial charge on any atom is -0.497 e. The molecule has 10 heteroatoms. The van der Waals surface area contributed by atoms with Crippen LogP contribution in [0.15, 0.2) is 79.3 Å². The highest BCUT2D eigenvalue weighted by Crippen LogP contribution is 2.35. The fourth-order valence-corrected chi connectivity index (χ4v) is 5.09. The number of nitrogens with one attached hydrogen (secondary N) is 2. The average molecular weight is 574 g/mol. The Labute approximate surface area is 243 Å². The standard InChI is InChI=1S/C31H32ClN5O4/c1-40-24-5-2-4-21(14-24)18-37-19-34-16-23(37)17-35-27-12-13-41-29-25(27)6-3-7-26(29)31(39)36-28(30(33)38)15-20-8-10-22(32)11-9-20/h2-11,14,16,19,27-28,35H,12-13,15,17-18H2,1H3,(H2,33,38)(H,36,39)/t27?,28-/m0/s1. The van der Waals surface area contributed by atoms with Crippen LogP contribution in [0.2, 0.25) is 5.02 Å². The highest BCUT2D eigenvalue weighted by atomic mass is 35.5. The van der Waals surface area contributed by atoms with E-state index in [9.17, 15) is 9.59 Å². The zero-order valence-corrected chi connectivity index (χ0v) is 23.4. The molecular formula is C31H32ClN5O4. The van der Waals surface area contributed by atoms with Crippen molar-refractivity contribution < 1.29 is 19.1 Å². The van der Waals surface area contributed by atoms with Gasteiger partial charge < -0.3 is 30.4 Å². The highest BCUT2D eigenvalue weighted by Gasteiger charge is 2.28. The van der Waals surface area contributed by atoms with E-state index in [4.69, 9.17) is 26.8 Å². The molecule has 1 aliphatic heterocycles. The van der Waals surface area contributed by atoms with E-state index in [1.807, 2.05) is 42.9 Å². The minimum atomic E-state index is -0.887. The molecule has 4 aromatic rings. The second-order valence-corrected chi connectivity index (χ2v) is 10.4. The van der Waals surface area contributed by atoms with Crippen LogP contribution in [0.5, 0.6) is 11.5 Å². The minimum absolute atomic E-state index is 0.0346. The fourth-order valence-electron chi connectivity index (χ4n) is 4.96. The molecule has 1 aromatic heterocycles. The van der Waals surface area contributed by atoms with Gasteiger partial charge in [0.1, 0.15) is 17.5 Å². The molecule has 0 saturated carbocycles. The molecule has 0 spiro atoms. The number of rotatable bonds is 11. The number of methoxy groups -OCH3 is 1. The quantitative estimate of drug-likeness (QED) is 0.249. The van der Waals surface area contributed by atoms with Crippen LogP contribution in [-0.2, 0) is 24.3 Å². The van der Waals surface area contributed by atoms with Crippen LogP contribution in [0.3, 0.4) is 0 Å². The van der Waals surface area contributed by atoms with Crippen LogP contribution >= 0.6 is 11.6 Å². The Bertz CT molecular complexity index is 1520. The lowest BCUT2D eigenvalue weighted by molar-refractivity contribution is -0.119. The third-order valence-corrected chi connectivity index (χ3v) is 7.39. The molecule has 2 atom stereocenters. The highest BCUT2D eigenvalue weighted by molar-refractivity contribution is 6.30. The number of benzene rings is 3. The van der Waals surface area contributed by atoms with Crippen LogP contribution in [0, 0.1) is 0 Å². The Kier molecular flexibility index (Phi) is 8.86. The van der Waals surface area contributed by atoms with E-state index in [2.05, 4.69) is 26.3 Å². The van der Waals surface area contributed by atoms with Crippen LogP contribution in [0.1, 0.15) is 45.2 Å². The molecule has 2 amide bonds. The molecule has 5 rings (SSSR count). The van der Waals surface area contributed by atoms with Gasteiger partial charge in [-0.3, -0.25) is 9.59 Å². The summed E-state index contributed by atoms with van der Waals surface area (Å²) in [5.41, 5.74) is 9.85. The van der Waals surface area contributed by atoms with Crippen LogP contribution in [0.25, 0.3) is 0 Å². The summed E-state index contributed by atoms with van der Waals surface area (Å²) in [5.74, 6) is 0.280. The topological polar surface area (TPSA) is 120 Å². The molecule has 2 heterocycles. The van der Waals surface area contributed by atoms with Crippen molar-refractivity contribution in [1.82, 2.24) is 20.2 Å². The zero-order chi connectivity index (χ0) is 28.8. The van der Waals surface area contributed by atoms with Gasteiger partial charge in [-0.15, -0.1) is 0 Å². The second-order valence-electron chi connectivity index (χ2n) is 9.92. The lowest BCUT2D eigenvalue weighted by Gasteiger charge is -2.28. The largest absolute Gasteiger partial charge is 0.497 e. The van der Waals surface area contributed by atoms with Crippen molar-refractivity contribution in [2.45, 2.75) is 38.0 Å². The van der Waals surface area contributed by atoms with E-state index in [0.717, 1.165) is 34.6 Å². The van der Waals surface area contributed by atoms with Gasteiger partial charge >= 0.3 is 0 Å². The van der Waals surface area contributed by atoms with Gasteiger partial charge in [0.05, 0.1) is 31.3 Å². The van der Waals surface area contributed by atoms with Crippen molar-refractivity contribution in [3.05, 3.63) is 112 Å². The fraction of sp³-hybridized carbons (Fsp3) is 0.258. The smallest absolute Gasteiger partial charge is 0.255 e. The first-order chi connectivity index (χ1) is 19.9. The maximum atomic E-state index is 13.3. The van der Waals surface area contributed by atoms with Crippen molar-refractivity contribution in [2.75, 3.05) is 13.7 Å². The van der Waals surface area contributed by atoms with Gasteiger partial charge in [-0.1, -0.05) is 48.0 Å². The second kappa shape index (κ2) is 12.9. The normalized spacial score (nSPS) is 14.9. The Morgan fingerprint density at radius 2 is 1.95 bits per heavy atom. The van der Waals surface area contributed by atoms with Crippen molar-refractivity contribution in [3.8, 4) is 11.5 Å². The maximum Gasteiger partial charge on any atom is 0.255 e. The van der Waals surface area contributed by atoms with Crippen LogP contribution in [0.4, 0.5) is 0 Å². The third kappa shape index (κ3) is 6.87. The number of amides is 2. The number of halogens is 1. The van der Waals surface area contributed by atoms with Gasteiger partial charge in [0.2, 0.25) is 5.91 Å². The summed E-state index contributed by atoms with van der Waals surface area (Å²) in [5, 5.41) is 6.98. The van der Waals surface area contributed by atoms with Crippen molar-refractivity contribution in [3.63, 3.8) is 0 Å². The molecule has 9 nitrogen and oxygen atoms in total. The number of nitrogens with two attached hydrogens (primary N) is 1. The molecule has 212 valence electrons. The number of para-hydroxylation sites is 1. The Balaban J connectivity index is 1.27. The average Bonchev–Trinajstić information content (AvgIpc) is 3.43. The molecule has 0 saturated heterocycles. The number of carbonyl (C=O) groups excluding carboxylic acids is 2. The zero-order valence-electron chi connectivity index (χ0n) is 22.7. The summed E-state index contributed by atoms with van der Waals surface area (Å²) in [6.45, 7) is 1.69. The molecular weight excluding hydrogens is 542 g/mol. The predicted octanol–water partition coefficient (Wildman–Crippen LogP) is 4.03. The first-order valence-corrected chi connectivity index (χ1v) is 13.7. The third-order valence-electron chi connectivity index (χ3n) is 7.14. The van der Waals surface area contributed by atoms with Crippen LogP contribution in [-0.4, -0.2) is 41.1 Å². The van der Waals surface area contributed by atoms with E-state index >= 15 is 0 Å². The molecule has 3 aromatic carbocycles.